The van der Waals surface area contributed by atoms with E-state index < -0.39 is 0 Å². The molecule has 1 aromatic heterocycles. The summed E-state index contributed by atoms with van der Waals surface area (Å²) in [5.74, 6) is 0.644. The van der Waals surface area contributed by atoms with Crippen LogP contribution in [-0.2, 0) is 17.6 Å². The number of nitrogens with one attached hydrogen (secondary N) is 1. The van der Waals surface area contributed by atoms with Gasteiger partial charge in [-0.1, -0.05) is 13.8 Å². The Hall–Kier alpha value is -1.40. The van der Waals surface area contributed by atoms with Crippen LogP contribution in [0, 0.1) is 5.92 Å². The Kier molecular flexibility index (Phi) is 5.25. The van der Waals surface area contributed by atoms with E-state index in [2.05, 4.69) is 24.1 Å². The molecular weight excluding hydrogens is 322 g/mol. The molecular formula is C18H27N3O2S. The number of likely N-dealkylation sites (N-methyl/N-ethyl adjacent to an activating group) is 1. The molecule has 2 aliphatic rings. The lowest BCUT2D eigenvalue weighted by Crippen LogP contribution is -2.48. The van der Waals surface area contributed by atoms with Crippen molar-refractivity contribution < 1.29 is 9.59 Å². The van der Waals surface area contributed by atoms with Crippen molar-refractivity contribution in [3.05, 3.63) is 16.0 Å². The minimum atomic E-state index is -0.105. The second-order valence-electron chi connectivity index (χ2n) is 6.96. The Morgan fingerprint density at radius 2 is 1.96 bits per heavy atom. The molecule has 2 heterocycles. The molecule has 0 unspecified atom stereocenters. The summed E-state index contributed by atoms with van der Waals surface area (Å²) in [7, 11) is 0. The second kappa shape index (κ2) is 7.23. The number of amides is 2. The molecule has 0 aromatic carbocycles. The van der Waals surface area contributed by atoms with Crippen LogP contribution in [0.25, 0.3) is 0 Å². The van der Waals surface area contributed by atoms with Gasteiger partial charge < -0.3 is 15.1 Å². The van der Waals surface area contributed by atoms with Crippen LogP contribution in [0.4, 0.5) is 5.00 Å². The number of rotatable bonds is 3. The Balaban J connectivity index is 1.88. The molecule has 0 saturated carbocycles. The summed E-state index contributed by atoms with van der Waals surface area (Å²) < 4.78 is 0. The van der Waals surface area contributed by atoms with Gasteiger partial charge in [0.25, 0.3) is 5.91 Å². The Morgan fingerprint density at radius 1 is 1.25 bits per heavy atom. The van der Waals surface area contributed by atoms with Crippen LogP contribution in [0.3, 0.4) is 0 Å². The largest absolute Gasteiger partial charge is 0.336 e. The van der Waals surface area contributed by atoms with Crippen molar-refractivity contribution in [2.24, 2.45) is 5.92 Å². The third-order valence-electron chi connectivity index (χ3n) is 5.12. The average molecular weight is 350 g/mol. The highest BCUT2D eigenvalue weighted by Crippen LogP contribution is 2.40. The zero-order chi connectivity index (χ0) is 17.3. The highest BCUT2D eigenvalue weighted by molar-refractivity contribution is 7.17. The van der Waals surface area contributed by atoms with Crippen molar-refractivity contribution in [1.82, 2.24) is 9.80 Å². The fraction of sp³-hybridized carbons (Fsp3) is 0.667. The van der Waals surface area contributed by atoms with Crippen molar-refractivity contribution in [1.29, 1.82) is 0 Å². The molecule has 1 saturated heterocycles. The highest BCUT2D eigenvalue weighted by Gasteiger charge is 2.31. The molecule has 6 heteroatoms. The lowest BCUT2D eigenvalue weighted by molar-refractivity contribution is -0.114. The summed E-state index contributed by atoms with van der Waals surface area (Å²) in [6.45, 7) is 10.4. The number of carbonyl (C=O) groups excluding carboxylic acids is 2. The highest BCUT2D eigenvalue weighted by atomic mass is 32.1. The summed E-state index contributed by atoms with van der Waals surface area (Å²) in [5.41, 5.74) is 1.95. The quantitative estimate of drug-likeness (QED) is 0.913. The molecule has 1 N–H and O–H groups in total. The molecule has 0 spiro atoms. The van der Waals surface area contributed by atoms with Crippen LogP contribution in [-0.4, -0.2) is 54.3 Å². The summed E-state index contributed by atoms with van der Waals surface area (Å²) in [6.07, 6.45) is 3.08. The van der Waals surface area contributed by atoms with Crippen molar-refractivity contribution in [3.8, 4) is 0 Å². The Morgan fingerprint density at radius 3 is 2.58 bits per heavy atom. The van der Waals surface area contributed by atoms with Gasteiger partial charge in [-0.3, -0.25) is 9.59 Å². The maximum atomic E-state index is 13.2. The van der Waals surface area contributed by atoms with Gasteiger partial charge in [0.05, 0.1) is 5.56 Å². The number of anilines is 1. The average Bonchev–Trinajstić information content (AvgIpc) is 2.90. The van der Waals surface area contributed by atoms with Gasteiger partial charge in [0, 0.05) is 38.0 Å². The van der Waals surface area contributed by atoms with E-state index in [1.165, 1.54) is 17.4 Å². The molecule has 3 rings (SSSR count). The fourth-order valence-electron chi connectivity index (χ4n) is 3.65. The van der Waals surface area contributed by atoms with Crippen LogP contribution in [0.15, 0.2) is 0 Å². The molecule has 132 valence electrons. The number of nitrogens with zero attached hydrogens (tertiary/aromatic N) is 2. The summed E-state index contributed by atoms with van der Waals surface area (Å²) in [5, 5.41) is 3.66. The standard InChI is InChI=1S/C18H27N3O2S/c1-4-20-7-9-21(10-8-20)18(23)16-14-6-5-12(2)11-15(14)24-17(16)19-13(3)22/h12H,4-11H2,1-3H3,(H,19,22)/t12-/m1/s1. The van der Waals surface area contributed by atoms with Gasteiger partial charge in [-0.15, -0.1) is 11.3 Å². The smallest absolute Gasteiger partial charge is 0.257 e. The van der Waals surface area contributed by atoms with Crippen LogP contribution >= 0.6 is 11.3 Å². The normalized spacial score (nSPS) is 21.5. The number of thiophene rings is 1. The van der Waals surface area contributed by atoms with E-state index in [9.17, 15) is 9.59 Å². The summed E-state index contributed by atoms with van der Waals surface area (Å²) in [4.78, 5) is 30.4. The lowest BCUT2D eigenvalue weighted by Gasteiger charge is -2.34. The first-order valence-corrected chi connectivity index (χ1v) is 9.75. The van der Waals surface area contributed by atoms with E-state index in [4.69, 9.17) is 0 Å². The zero-order valence-corrected chi connectivity index (χ0v) is 15.7. The van der Waals surface area contributed by atoms with Crippen LogP contribution in [0.2, 0.25) is 0 Å². The van der Waals surface area contributed by atoms with E-state index in [0.29, 0.717) is 5.92 Å². The monoisotopic (exact) mass is 349 g/mol. The number of hydrogen-bond acceptors (Lipinski definition) is 4. The predicted molar refractivity (Wildman–Crippen MR) is 97.8 cm³/mol. The second-order valence-corrected chi connectivity index (χ2v) is 8.07. The molecule has 1 aliphatic carbocycles. The van der Waals surface area contributed by atoms with Gasteiger partial charge in [-0.05, 0) is 37.3 Å². The van der Waals surface area contributed by atoms with Crippen molar-refractivity contribution in [2.75, 3.05) is 38.0 Å². The lowest BCUT2D eigenvalue weighted by atomic mass is 9.88. The Labute approximate surface area is 148 Å². The van der Waals surface area contributed by atoms with Crippen LogP contribution < -0.4 is 5.32 Å². The molecule has 0 radical (unpaired) electrons. The molecule has 2 amide bonds. The zero-order valence-electron chi connectivity index (χ0n) is 14.9. The SMILES string of the molecule is CCN1CCN(C(=O)c2c(NC(C)=O)sc3c2CC[C@@H](C)C3)CC1. The van der Waals surface area contributed by atoms with Gasteiger partial charge in [-0.2, -0.15) is 0 Å². The number of carbonyl (C=O) groups is 2. The van der Waals surface area contributed by atoms with Crippen LogP contribution in [0.5, 0.6) is 0 Å². The number of fused-ring (bicyclic) bond motifs is 1. The number of hydrogen-bond donors (Lipinski definition) is 1. The minimum Gasteiger partial charge on any atom is -0.336 e. The topological polar surface area (TPSA) is 52.6 Å². The fourth-order valence-corrected chi connectivity index (χ4v) is 5.10. The first kappa shape index (κ1) is 17.4. The van der Waals surface area contributed by atoms with Gasteiger partial charge >= 0.3 is 0 Å². The Bertz CT molecular complexity index is 632. The van der Waals surface area contributed by atoms with E-state index in [-0.39, 0.29) is 11.8 Å². The molecule has 5 nitrogen and oxygen atoms in total. The van der Waals surface area contributed by atoms with E-state index >= 15 is 0 Å². The van der Waals surface area contributed by atoms with E-state index in [1.807, 2.05) is 4.90 Å². The molecule has 1 aliphatic heterocycles. The summed E-state index contributed by atoms with van der Waals surface area (Å²) in [6, 6.07) is 0. The van der Waals surface area contributed by atoms with Gasteiger partial charge in [0.15, 0.2) is 0 Å². The molecule has 0 bridgehead atoms. The predicted octanol–water partition coefficient (Wildman–Crippen LogP) is 2.61. The third kappa shape index (κ3) is 3.49. The third-order valence-corrected chi connectivity index (χ3v) is 6.29. The molecule has 1 atom stereocenters. The van der Waals surface area contributed by atoms with Gasteiger partial charge in [-0.25, -0.2) is 0 Å². The van der Waals surface area contributed by atoms with Crippen molar-refractivity contribution in [2.45, 2.75) is 40.0 Å². The maximum absolute atomic E-state index is 13.2. The minimum absolute atomic E-state index is 0.0987. The first-order valence-electron chi connectivity index (χ1n) is 8.93. The number of piperazine rings is 1. The molecule has 1 aromatic rings. The molecule has 1 fully saturated rings. The van der Waals surface area contributed by atoms with Crippen molar-refractivity contribution >= 4 is 28.2 Å². The first-order chi connectivity index (χ1) is 11.5. The van der Waals surface area contributed by atoms with E-state index in [0.717, 1.165) is 62.6 Å². The molecule has 24 heavy (non-hydrogen) atoms. The van der Waals surface area contributed by atoms with Gasteiger partial charge in [0.1, 0.15) is 5.00 Å². The summed E-state index contributed by atoms with van der Waals surface area (Å²) >= 11 is 1.60. The van der Waals surface area contributed by atoms with Crippen LogP contribution in [0.1, 0.15) is 48.0 Å². The van der Waals surface area contributed by atoms with Gasteiger partial charge in [0.2, 0.25) is 5.91 Å². The maximum Gasteiger partial charge on any atom is 0.257 e. The van der Waals surface area contributed by atoms with E-state index in [1.54, 1.807) is 11.3 Å². The van der Waals surface area contributed by atoms with Crippen molar-refractivity contribution in [3.63, 3.8) is 0 Å².